The Morgan fingerprint density at radius 3 is 2.17 bits per heavy atom. The normalized spacial score (nSPS) is 18.6. The number of nitrogens with one attached hydrogen (secondary N) is 1. The van der Waals surface area contributed by atoms with Gasteiger partial charge in [0.05, 0.1) is 6.42 Å². The van der Waals surface area contributed by atoms with Crippen LogP contribution in [0.2, 0.25) is 0 Å². The topological polar surface area (TPSA) is 66.4 Å². The second-order valence-electron chi connectivity index (χ2n) is 4.85. The first-order valence-corrected chi connectivity index (χ1v) is 5.78. The van der Waals surface area contributed by atoms with Crippen molar-refractivity contribution in [1.29, 1.82) is 0 Å². The third-order valence-electron chi connectivity index (χ3n) is 3.21. The highest BCUT2D eigenvalue weighted by Gasteiger charge is 2.38. The van der Waals surface area contributed by atoms with Gasteiger partial charge >= 0.3 is 12.1 Å². The summed E-state index contributed by atoms with van der Waals surface area (Å²) in [5, 5.41) is 10.6. The van der Waals surface area contributed by atoms with E-state index in [1.807, 2.05) is 0 Å². The summed E-state index contributed by atoms with van der Waals surface area (Å²) in [6, 6.07) is 0. The summed E-state index contributed by atoms with van der Waals surface area (Å²) in [6.07, 6.45) is -1.94. The fraction of sp³-hybridized carbons (Fsp3) is 0.818. The first kappa shape index (κ1) is 14.8. The van der Waals surface area contributed by atoms with E-state index in [0.29, 0.717) is 12.8 Å². The minimum absolute atomic E-state index is 0.143. The Hall–Kier alpha value is -1.27. The standard InChI is InChI=1S/C11H16F3NO3/c12-11(13,14)7-15-8(16)5-10(6-9(17)18)3-1-2-4-10/h1-7H2,(H,15,16)(H,17,18). The van der Waals surface area contributed by atoms with E-state index in [-0.39, 0.29) is 12.8 Å². The molecule has 0 unspecified atom stereocenters. The van der Waals surface area contributed by atoms with E-state index in [4.69, 9.17) is 5.11 Å². The van der Waals surface area contributed by atoms with Crippen molar-refractivity contribution >= 4 is 11.9 Å². The molecule has 1 aliphatic carbocycles. The predicted octanol–water partition coefficient (Wildman–Crippen LogP) is 2.09. The Balaban J connectivity index is 2.51. The van der Waals surface area contributed by atoms with E-state index >= 15 is 0 Å². The monoisotopic (exact) mass is 267 g/mol. The van der Waals surface area contributed by atoms with Gasteiger partial charge in [0.2, 0.25) is 5.91 Å². The van der Waals surface area contributed by atoms with Crippen LogP contribution in [0.1, 0.15) is 38.5 Å². The Kier molecular flexibility index (Phi) is 4.59. The van der Waals surface area contributed by atoms with Crippen LogP contribution in [0, 0.1) is 5.41 Å². The summed E-state index contributed by atoms with van der Waals surface area (Å²) in [7, 11) is 0. The lowest BCUT2D eigenvalue weighted by Gasteiger charge is -2.26. The molecule has 1 saturated carbocycles. The highest BCUT2D eigenvalue weighted by atomic mass is 19.4. The molecule has 18 heavy (non-hydrogen) atoms. The number of carbonyl (C=O) groups is 2. The van der Waals surface area contributed by atoms with Crippen LogP contribution in [0.4, 0.5) is 13.2 Å². The minimum Gasteiger partial charge on any atom is -0.481 e. The fourth-order valence-electron chi connectivity index (χ4n) is 2.46. The quantitative estimate of drug-likeness (QED) is 0.801. The number of carbonyl (C=O) groups excluding carboxylic acids is 1. The van der Waals surface area contributed by atoms with Gasteiger partial charge in [0.25, 0.3) is 0 Å². The molecular weight excluding hydrogens is 251 g/mol. The summed E-state index contributed by atoms with van der Waals surface area (Å²) in [6.45, 7) is -1.37. The number of carboxylic acids is 1. The summed E-state index contributed by atoms with van der Waals surface area (Å²) in [5.74, 6) is -1.74. The molecular formula is C11H16F3NO3. The second kappa shape index (κ2) is 5.58. The molecule has 1 rings (SSSR count). The summed E-state index contributed by atoms with van der Waals surface area (Å²) >= 11 is 0. The minimum atomic E-state index is -4.44. The number of hydrogen-bond acceptors (Lipinski definition) is 2. The van der Waals surface area contributed by atoms with Gasteiger partial charge in [-0.25, -0.2) is 0 Å². The zero-order valence-electron chi connectivity index (χ0n) is 9.85. The molecule has 1 amide bonds. The molecule has 0 spiro atoms. The predicted molar refractivity (Wildman–Crippen MR) is 56.8 cm³/mol. The largest absolute Gasteiger partial charge is 0.481 e. The van der Waals surface area contributed by atoms with Crippen molar-refractivity contribution in [3.63, 3.8) is 0 Å². The van der Waals surface area contributed by atoms with E-state index in [1.54, 1.807) is 5.32 Å². The van der Waals surface area contributed by atoms with Crippen LogP contribution in [0.15, 0.2) is 0 Å². The Morgan fingerprint density at radius 2 is 1.72 bits per heavy atom. The van der Waals surface area contributed by atoms with Crippen LogP contribution >= 0.6 is 0 Å². The molecule has 0 radical (unpaired) electrons. The van der Waals surface area contributed by atoms with E-state index in [2.05, 4.69) is 0 Å². The third-order valence-corrected chi connectivity index (χ3v) is 3.21. The summed E-state index contributed by atoms with van der Waals surface area (Å²) in [5.41, 5.74) is -0.665. The number of amides is 1. The van der Waals surface area contributed by atoms with E-state index in [1.165, 1.54) is 0 Å². The van der Waals surface area contributed by atoms with Gasteiger partial charge < -0.3 is 10.4 Å². The maximum Gasteiger partial charge on any atom is 0.405 e. The van der Waals surface area contributed by atoms with Gasteiger partial charge in [-0.2, -0.15) is 13.2 Å². The van der Waals surface area contributed by atoms with Crippen molar-refractivity contribution in [3.8, 4) is 0 Å². The lowest BCUT2D eigenvalue weighted by Crippen LogP contribution is -2.37. The van der Waals surface area contributed by atoms with E-state index < -0.39 is 30.0 Å². The lowest BCUT2D eigenvalue weighted by molar-refractivity contribution is -0.143. The first-order valence-electron chi connectivity index (χ1n) is 5.78. The zero-order valence-corrected chi connectivity index (χ0v) is 9.85. The van der Waals surface area contributed by atoms with E-state index in [9.17, 15) is 22.8 Å². The molecule has 0 aromatic rings. The van der Waals surface area contributed by atoms with Gasteiger partial charge in [-0.05, 0) is 18.3 Å². The van der Waals surface area contributed by atoms with Crippen molar-refractivity contribution < 1.29 is 27.9 Å². The number of carboxylic acid groups (broad SMARTS) is 1. The average Bonchev–Trinajstić information content (AvgIpc) is 2.61. The maximum absolute atomic E-state index is 11.9. The zero-order chi connectivity index (χ0) is 13.8. The van der Waals surface area contributed by atoms with Crippen molar-refractivity contribution in [2.24, 2.45) is 5.41 Å². The molecule has 7 heteroatoms. The molecule has 0 aliphatic heterocycles. The van der Waals surface area contributed by atoms with Crippen molar-refractivity contribution in [2.45, 2.75) is 44.7 Å². The van der Waals surface area contributed by atoms with E-state index in [0.717, 1.165) is 12.8 Å². The van der Waals surface area contributed by atoms with Gasteiger partial charge in [0, 0.05) is 6.42 Å². The van der Waals surface area contributed by atoms with Crippen LogP contribution in [0.5, 0.6) is 0 Å². The maximum atomic E-state index is 11.9. The first-order chi connectivity index (χ1) is 8.22. The molecule has 1 fully saturated rings. The van der Waals surface area contributed by atoms with Gasteiger partial charge in [-0.1, -0.05) is 12.8 Å². The highest BCUT2D eigenvalue weighted by molar-refractivity contribution is 5.78. The Morgan fingerprint density at radius 1 is 1.17 bits per heavy atom. The van der Waals surface area contributed by atoms with Gasteiger partial charge in [0.15, 0.2) is 0 Å². The number of halogens is 3. The molecule has 0 heterocycles. The fourth-order valence-corrected chi connectivity index (χ4v) is 2.46. The number of rotatable bonds is 5. The smallest absolute Gasteiger partial charge is 0.405 e. The molecule has 1 aliphatic rings. The highest BCUT2D eigenvalue weighted by Crippen LogP contribution is 2.44. The third kappa shape index (κ3) is 4.93. The Bertz CT molecular complexity index is 322. The second-order valence-corrected chi connectivity index (χ2v) is 4.85. The molecule has 2 N–H and O–H groups in total. The van der Waals surface area contributed by atoms with Crippen LogP contribution in [-0.2, 0) is 9.59 Å². The van der Waals surface area contributed by atoms with Crippen LogP contribution in [0.25, 0.3) is 0 Å². The van der Waals surface area contributed by atoms with Crippen LogP contribution in [0.3, 0.4) is 0 Å². The molecule has 4 nitrogen and oxygen atoms in total. The molecule has 0 bridgehead atoms. The molecule has 104 valence electrons. The SMILES string of the molecule is O=C(O)CC1(CC(=O)NCC(F)(F)F)CCCC1. The van der Waals surface area contributed by atoms with Gasteiger partial charge in [-0.15, -0.1) is 0 Å². The van der Waals surface area contributed by atoms with Crippen molar-refractivity contribution in [2.75, 3.05) is 6.54 Å². The molecule has 0 atom stereocenters. The molecule has 0 aromatic heterocycles. The van der Waals surface area contributed by atoms with Gasteiger partial charge in [-0.3, -0.25) is 9.59 Å². The average molecular weight is 267 g/mol. The number of aliphatic carboxylic acids is 1. The summed E-state index contributed by atoms with van der Waals surface area (Å²) in [4.78, 5) is 22.2. The number of hydrogen-bond donors (Lipinski definition) is 2. The molecule has 0 aromatic carbocycles. The van der Waals surface area contributed by atoms with Crippen LogP contribution < -0.4 is 5.32 Å². The summed E-state index contributed by atoms with van der Waals surface area (Å²) < 4.78 is 35.8. The van der Waals surface area contributed by atoms with Gasteiger partial charge in [0.1, 0.15) is 6.54 Å². The van der Waals surface area contributed by atoms with Crippen molar-refractivity contribution in [3.05, 3.63) is 0 Å². The lowest BCUT2D eigenvalue weighted by atomic mass is 9.79. The van der Waals surface area contributed by atoms with Crippen molar-refractivity contribution in [1.82, 2.24) is 5.32 Å². The molecule has 0 saturated heterocycles. The Labute approximate surface area is 103 Å². The van der Waals surface area contributed by atoms with Crippen LogP contribution in [-0.4, -0.2) is 29.7 Å². The number of alkyl halides is 3.